The fourth-order valence-electron chi connectivity index (χ4n) is 2.51. The van der Waals surface area contributed by atoms with Gasteiger partial charge in [-0.25, -0.2) is 4.39 Å². The summed E-state index contributed by atoms with van der Waals surface area (Å²) in [6.07, 6.45) is -0.121. The van der Waals surface area contributed by atoms with Crippen molar-refractivity contribution in [2.45, 2.75) is 6.42 Å². The maximum Gasteiger partial charge on any atom is 0.261 e. The minimum absolute atomic E-state index is 0.0511. The lowest BCUT2D eigenvalue weighted by Crippen LogP contribution is -2.32. The normalized spacial score (nSPS) is 13.4. The summed E-state index contributed by atoms with van der Waals surface area (Å²) in [5.74, 6) is -1.93. The molecule has 0 atom stereocenters. The number of carbonyl (C=O) groups excluding carboxylic acids is 3. The predicted molar refractivity (Wildman–Crippen MR) is 84.9 cm³/mol. The number of ketones is 1. The van der Waals surface area contributed by atoms with Gasteiger partial charge in [0.15, 0.2) is 5.78 Å². The van der Waals surface area contributed by atoms with Crippen molar-refractivity contribution in [2.24, 2.45) is 0 Å². The van der Waals surface area contributed by atoms with Gasteiger partial charge in [-0.2, -0.15) is 0 Å². The number of Topliss-reactive ketones (excluding diaryl/α,β-unsaturated/α-hetero) is 1. The third-order valence-corrected chi connectivity index (χ3v) is 4.17. The van der Waals surface area contributed by atoms with E-state index in [1.807, 2.05) is 0 Å². The molecule has 4 nitrogen and oxygen atoms in total. The van der Waals surface area contributed by atoms with E-state index in [9.17, 15) is 18.8 Å². The Morgan fingerprint density at radius 3 is 2.22 bits per heavy atom. The van der Waals surface area contributed by atoms with Gasteiger partial charge in [-0.1, -0.05) is 28.1 Å². The highest BCUT2D eigenvalue weighted by Crippen LogP contribution is 2.23. The van der Waals surface area contributed by atoms with Crippen LogP contribution in [0.1, 0.15) is 37.5 Å². The molecule has 2 aromatic rings. The summed E-state index contributed by atoms with van der Waals surface area (Å²) in [5, 5.41) is 0. The number of nitrogens with zero attached hydrogens (tertiary/aromatic N) is 1. The molecule has 0 N–H and O–H groups in total. The van der Waals surface area contributed by atoms with Crippen LogP contribution in [0, 0.1) is 5.82 Å². The first-order chi connectivity index (χ1) is 11.0. The molecule has 0 fully saturated rings. The molecular weight excluding hydrogens is 365 g/mol. The van der Waals surface area contributed by atoms with E-state index >= 15 is 0 Å². The van der Waals surface area contributed by atoms with Gasteiger partial charge in [-0.15, -0.1) is 0 Å². The molecule has 0 saturated heterocycles. The fraction of sp³-hybridized carbons (Fsp3) is 0.118. The number of amides is 2. The number of fused-ring (bicyclic) bond motifs is 1. The average Bonchev–Trinajstić information content (AvgIpc) is 2.77. The highest BCUT2D eigenvalue weighted by Gasteiger charge is 2.35. The number of hydrogen-bond donors (Lipinski definition) is 0. The molecule has 0 unspecified atom stereocenters. The monoisotopic (exact) mass is 375 g/mol. The van der Waals surface area contributed by atoms with Crippen LogP contribution in [0.5, 0.6) is 0 Å². The average molecular weight is 376 g/mol. The molecule has 0 spiro atoms. The molecule has 0 radical (unpaired) electrons. The number of carbonyl (C=O) groups is 3. The second-order valence-electron chi connectivity index (χ2n) is 5.10. The lowest BCUT2D eigenvalue weighted by molar-refractivity contribution is 0.0649. The summed E-state index contributed by atoms with van der Waals surface area (Å²) in [6, 6.07) is 10.7. The third-order valence-electron chi connectivity index (χ3n) is 3.67. The van der Waals surface area contributed by atoms with Gasteiger partial charge in [0, 0.05) is 17.4 Å². The summed E-state index contributed by atoms with van der Waals surface area (Å²) in [5.41, 5.74) is 0.615. The van der Waals surface area contributed by atoms with Crippen LogP contribution in [0.2, 0.25) is 0 Å². The highest BCUT2D eigenvalue weighted by molar-refractivity contribution is 9.10. The Kier molecular flexibility index (Phi) is 4.09. The van der Waals surface area contributed by atoms with Crippen LogP contribution in [0.25, 0.3) is 0 Å². The van der Waals surface area contributed by atoms with Gasteiger partial charge >= 0.3 is 0 Å². The molecule has 1 heterocycles. The lowest BCUT2D eigenvalue weighted by Gasteiger charge is -2.13. The molecule has 0 aromatic heterocycles. The second-order valence-corrected chi connectivity index (χ2v) is 6.02. The van der Waals surface area contributed by atoms with E-state index in [4.69, 9.17) is 0 Å². The van der Waals surface area contributed by atoms with E-state index in [-0.39, 0.29) is 18.5 Å². The quantitative estimate of drug-likeness (QED) is 0.607. The molecule has 0 saturated carbocycles. The minimum Gasteiger partial charge on any atom is -0.294 e. The molecule has 6 heteroatoms. The molecular formula is C17H11BrFNO3. The number of hydrogen-bond acceptors (Lipinski definition) is 3. The first-order valence-corrected chi connectivity index (χ1v) is 7.72. The number of imide groups is 1. The Morgan fingerprint density at radius 1 is 1.04 bits per heavy atom. The van der Waals surface area contributed by atoms with Crippen LogP contribution in [0.3, 0.4) is 0 Å². The molecule has 116 valence electrons. The standard InChI is InChI=1S/C17H11BrFNO3/c18-10-5-6-13(14(19)9-10)15(21)7-8-20-16(22)11-3-1-2-4-12(11)17(20)23/h1-6,9H,7-8H2. The van der Waals surface area contributed by atoms with Gasteiger partial charge in [-0.05, 0) is 30.3 Å². The van der Waals surface area contributed by atoms with Crippen LogP contribution in [0.4, 0.5) is 4.39 Å². The van der Waals surface area contributed by atoms with Crippen molar-refractivity contribution in [1.82, 2.24) is 4.90 Å². The fourth-order valence-corrected chi connectivity index (χ4v) is 2.84. The molecule has 2 amide bonds. The van der Waals surface area contributed by atoms with Crippen LogP contribution in [-0.2, 0) is 0 Å². The largest absolute Gasteiger partial charge is 0.294 e. The number of benzene rings is 2. The van der Waals surface area contributed by atoms with Crippen molar-refractivity contribution in [1.29, 1.82) is 0 Å². The van der Waals surface area contributed by atoms with Crippen molar-refractivity contribution >= 4 is 33.5 Å². The van der Waals surface area contributed by atoms with Crippen molar-refractivity contribution in [3.05, 3.63) is 69.4 Å². The summed E-state index contributed by atoms with van der Waals surface area (Å²) in [4.78, 5) is 37.5. The zero-order valence-corrected chi connectivity index (χ0v) is 13.5. The van der Waals surface area contributed by atoms with E-state index < -0.39 is 23.4 Å². The van der Waals surface area contributed by atoms with E-state index in [0.717, 1.165) is 4.90 Å². The van der Waals surface area contributed by atoms with E-state index in [1.165, 1.54) is 12.1 Å². The summed E-state index contributed by atoms with van der Waals surface area (Å²) in [6.45, 7) is -0.0688. The van der Waals surface area contributed by atoms with Gasteiger partial charge in [0.1, 0.15) is 5.82 Å². The Hall–Kier alpha value is -2.34. The van der Waals surface area contributed by atoms with Crippen molar-refractivity contribution in [2.75, 3.05) is 6.54 Å². The van der Waals surface area contributed by atoms with Crippen LogP contribution in [-0.4, -0.2) is 29.0 Å². The zero-order chi connectivity index (χ0) is 16.6. The summed E-state index contributed by atoms with van der Waals surface area (Å²) < 4.78 is 14.3. The minimum atomic E-state index is -0.633. The van der Waals surface area contributed by atoms with Gasteiger partial charge < -0.3 is 0 Å². The molecule has 1 aliphatic rings. The Morgan fingerprint density at radius 2 is 1.65 bits per heavy atom. The van der Waals surface area contributed by atoms with Crippen molar-refractivity contribution in [3.63, 3.8) is 0 Å². The van der Waals surface area contributed by atoms with Gasteiger partial charge in [0.05, 0.1) is 16.7 Å². The number of halogens is 2. The van der Waals surface area contributed by atoms with Crippen LogP contribution < -0.4 is 0 Å². The second kappa shape index (κ2) is 6.04. The lowest BCUT2D eigenvalue weighted by atomic mass is 10.1. The molecule has 3 rings (SSSR count). The molecule has 2 aromatic carbocycles. The Labute approximate surface area is 140 Å². The van der Waals surface area contributed by atoms with Crippen LogP contribution >= 0.6 is 15.9 Å². The maximum atomic E-state index is 13.8. The van der Waals surface area contributed by atoms with E-state index in [2.05, 4.69) is 15.9 Å². The van der Waals surface area contributed by atoms with E-state index in [0.29, 0.717) is 15.6 Å². The topological polar surface area (TPSA) is 54.5 Å². The summed E-state index contributed by atoms with van der Waals surface area (Å²) in [7, 11) is 0. The predicted octanol–water partition coefficient (Wildman–Crippen LogP) is 3.46. The SMILES string of the molecule is O=C(CCN1C(=O)c2ccccc2C1=O)c1ccc(Br)cc1F. The Balaban J connectivity index is 1.73. The van der Waals surface area contributed by atoms with Gasteiger partial charge in [-0.3, -0.25) is 19.3 Å². The highest BCUT2D eigenvalue weighted by atomic mass is 79.9. The molecule has 23 heavy (non-hydrogen) atoms. The Bertz CT molecular complexity index is 799. The zero-order valence-electron chi connectivity index (χ0n) is 11.9. The molecule has 0 aliphatic carbocycles. The summed E-state index contributed by atoms with van der Waals surface area (Å²) >= 11 is 3.12. The van der Waals surface area contributed by atoms with Crippen molar-refractivity contribution in [3.8, 4) is 0 Å². The number of rotatable bonds is 4. The van der Waals surface area contributed by atoms with Gasteiger partial charge in [0.25, 0.3) is 11.8 Å². The first-order valence-electron chi connectivity index (χ1n) is 6.92. The first kappa shape index (κ1) is 15.6. The third kappa shape index (κ3) is 2.82. The van der Waals surface area contributed by atoms with Gasteiger partial charge in [0.2, 0.25) is 0 Å². The maximum absolute atomic E-state index is 13.8. The van der Waals surface area contributed by atoms with E-state index in [1.54, 1.807) is 30.3 Å². The molecule has 1 aliphatic heterocycles. The smallest absolute Gasteiger partial charge is 0.261 e. The van der Waals surface area contributed by atoms with Crippen molar-refractivity contribution < 1.29 is 18.8 Å². The molecule has 0 bridgehead atoms. The van der Waals surface area contributed by atoms with Crippen LogP contribution in [0.15, 0.2) is 46.9 Å².